The van der Waals surface area contributed by atoms with E-state index in [1.54, 1.807) is 0 Å². The molecule has 158 valence electrons. The highest BCUT2D eigenvalue weighted by atomic mass is 35.5. The molecule has 0 bridgehead atoms. The zero-order valence-corrected chi connectivity index (χ0v) is 18.3. The van der Waals surface area contributed by atoms with Gasteiger partial charge in [-0.2, -0.15) is 0 Å². The Morgan fingerprint density at radius 2 is 1.77 bits per heavy atom. The summed E-state index contributed by atoms with van der Waals surface area (Å²) in [5.41, 5.74) is 5.00. The van der Waals surface area contributed by atoms with E-state index >= 15 is 0 Å². The lowest BCUT2D eigenvalue weighted by molar-refractivity contribution is 0.0694. The normalized spacial score (nSPS) is 10.9. The molecule has 3 aromatic rings. The second-order valence-corrected chi connectivity index (χ2v) is 7.62. The number of carboxylic acid groups (broad SMARTS) is 1. The topological polar surface area (TPSA) is 63.5 Å². The van der Waals surface area contributed by atoms with Gasteiger partial charge in [-0.1, -0.05) is 41.9 Å². The van der Waals surface area contributed by atoms with Crippen molar-refractivity contribution in [3.63, 3.8) is 0 Å². The number of aromatic nitrogens is 1. The van der Waals surface area contributed by atoms with Gasteiger partial charge in [-0.15, -0.1) is 0 Å². The number of nitrogens with zero attached hydrogens (tertiary/aromatic N) is 1. The minimum absolute atomic E-state index is 0.368. The molecule has 0 unspecified atom stereocenters. The van der Waals surface area contributed by atoms with Gasteiger partial charge in [0.1, 0.15) is 5.75 Å². The van der Waals surface area contributed by atoms with E-state index in [0.717, 1.165) is 33.8 Å². The van der Waals surface area contributed by atoms with Crippen molar-refractivity contribution >= 4 is 17.6 Å². The Bertz CT molecular complexity index is 1030. The van der Waals surface area contributed by atoms with Crippen LogP contribution in [0.1, 0.15) is 45.4 Å². The minimum atomic E-state index is -0.906. The third kappa shape index (κ3) is 4.86. The van der Waals surface area contributed by atoms with Crippen LogP contribution in [-0.4, -0.2) is 22.2 Å². The second-order valence-electron chi connectivity index (χ2n) is 7.19. The Morgan fingerprint density at radius 3 is 2.43 bits per heavy atom. The molecule has 1 heterocycles. The number of halogens is 1. The highest BCUT2D eigenvalue weighted by Crippen LogP contribution is 2.25. The molecule has 30 heavy (non-hydrogen) atoms. The summed E-state index contributed by atoms with van der Waals surface area (Å²) in [6.07, 6.45) is 0. The fourth-order valence-corrected chi connectivity index (χ4v) is 3.85. The summed E-state index contributed by atoms with van der Waals surface area (Å²) in [4.78, 5) is 12.0. The number of nitrogens with one attached hydrogen (secondary N) is 1. The van der Waals surface area contributed by atoms with Crippen molar-refractivity contribution in [3.05, 3.63) is 87.2 Å². The standard InChI is InChI=1S/C24H27ClN2O3/c1-4-30-22-8-6-5-7-19(22)13-26-14-21-16(2)27(17(3)23(21)24(28)29)15-18-9-11-20(25)12-10-18/h5-12,26H,4,13-15H2,1-3H3,(H,28,29). The number of carbonyl (C=O) groups is 1. The van der Waals surface area contributed by atoms with Gasteiger partial charge in [0.25, 0.3) is 0 Å². The summed E-state index contributed by atoms with van der Waals surface area (Å²) in [5.74, 6) is -0.0591. The van der Waals surface area contributed by atoms with Crippen LogP contribution in [0.15, 0.2) is 48.5 Å². The molecule has 0 spiro atoms. The van der Waals surface area contributed by atoms with Crippen LogP contribution in [0, 0.1) is 13.8 Å². The Hall–Kier alpha value is -2.76. The monoisotopic (exact) mass is 426 g/mol. The Kier molecular flexibility index (Phi) is 7.19. The van der Waals surface area contributed by atoms with Gasteiger partial charge < -0.3 is 19.7 Å². The number of hydrogen-bond donors (Lipinski definition) is 2. The molecule has 0 amide bonds. The van der Waals surface area contributed by atoms with E-state index in [1.165, 1.54) is 0 Å². The molecule has 0 fully saturated rings. The van der Waals surface area contributed by atoms with Crippen LogP contribution >= 0.6 is 11.6 Å². The van der Waals surface area contributed by atoms with E-state index in [2.05, 4.69) is 9.88 Å². The van der Waals surface area contributed by atoms with Crippen LogP contribution in [0.2, 0.25) is 5.02 Å². The molecule has 5 nitrogen and oxygen atoms in total. The quantitative estimate of drug-likeness (QED) is 0.494. The Morgan fingerprint density at radius 1 is 1.07 bits per heavy atom. The molecule has 0 aliphatic heterocycles. The van der Waals surface area contributed by atoms with Crippen molar-refractivity contribution in [2.75, 3.05) is 6.61 Å². The largest absolute Gasteiger partial charge is 0.494 e. The zero-order valence-electron chi connectivity index (χ0n) is 17.5. The van der Waals surface area contributed by atoms with Gasteiger partial charge in [-0.05, 0) is 44.5 Å². The van der Waals surface area contributed by atoms with E-state index in [-0.39, 0.29) is 0 Å². The van der Waals surface area contributed by atoms with Gasteiger partial charge in [-0.25, -0.2) is 4.79 Å². The number of para-hydroxylation sites is 1. The van der Waals surface area contributed by atoms with Gasteiger partial charge in [-0.3, -0.25) is 0 Å². The highest BCUT2D eigenvalue weighted by molar-refractivity contribution is 6.30. The van der Waals surface area contributed by atoms with Gasteiger partial charge in [0.2, 0.25) is 0 Å². The summed E-state index contributed by atoms with van der Waals surface area (Å²) in [6.45, 7) is 8.05. The predicted molar refractivity (Wildman–Crippen MR) is 120 cm³/mol. The molecule has 0 saturated heterocycles. The van der Waals surface area contributed by atoms with Crippen molar-refractivity contribution in [2.45, 2.75) is 40.4 Å². The van der Waals surface area contributed by atoms with Crippen molar-refractivity contribution in [2.24, 2.45) is 0 Å². The maximum atomic E-state index is 12.0. The molecule has 0 atom stereocenters. The third-order valence-electron chi connectivity index (χ3n) is 5.27. The van der Waals surface area contributed by atoms with Gasteiger partial charge >= 0.3 is 5.97 Å². The molecule has 0 radical (unpaired) electrons. The lowest BCUT2D eigenvalue weighted by atomic mass is 10.1. The molecule has 1 aromatic heterocycles. The third-order valence-corrected chi connectivity index (χ3v) is 5.52. The summed E-state index contributed by atoms with van der Waals surface area (Å²) in [6, 6.07) is 15.5. The van der Waals surface area contributed by atoms with Crippen LogP contribution in [0.4, 0.5) is 0 Å². The fourth-order valence-electron chi connectivity index (χ4n) is 3.73. The summed E-state index contributed by atoms with van der Waals surface area (Å²) >= 11 is 5.98. The molecular weight excluding hydrogens is 400 g/mol. The molecule has 3 rings (SSSR count). The first kappa shape index (κ1) is 21.9. The molecule has 6 heteroatoms. The van der Waals surface area contributed by atoms with E-state index in [1.807, 2.05) is 69.3 Å². The Balaban J connectivity index is 1.82. The van der Waals surface area contributed by atoms with Crippen molar-refractivity contribution in [1.29, 1.82) is 0 Å². The summed E-state index contributed by atoms with van der Waals surface area (Å²) in [5, 5.41) is 13.9. The number of ether oxygens (including phenoxy) is 1. The maximum Gasteiger partial charge on any atom is 0.337 e. The van der Waals surface area contributed by atoms with Crippen molar-refractivity contribution in [3.8, 4) is 5.75 Å². The van der Waals surface area contributed by atoms with Crippen LogP contribution in [0.5, 0.6) is 5.75 Å². The smallest absolute Gasteiger partial charge is 0.337 e. The van der Waals surface area contributed by atoms with E-state index in [4.69, 9.17) is 16.3 Å². The van der Waals surface area contributed by atoms with Crippen LogP contribution in [-0.2, 0) is 19.6 Å². The molecule has 0 saturated carbocycles. The minimum Gasteiger partial charge on any atom is -0.494 e. The Labute approximate surface area is 182 Å². The number of carboxylic acids is 1. The average molecular weight is 427 g/mol. The number of aromatic carboxylic acids is 1. The molecule has 0 aliphatic rings. The van der Waals surface area contributed by atoms with Crippen LogP contribution < -0.4 is 10.1 Å². The molecule has 0 aliphatic carbocycles. The number of rotatable bonds is 9. The van der Waals surface area contributed by atoms with Crippen molar-refractivity contribution < 1.29 is 14.6 Å². The lowest BCUT2D eigenvalue weighted by Crippen LogP contribution is -2.16. The highest BCUT2D eigenvalue weighted by Gasteiger charge is 2.22. The molecule has 2 aromatic carbocycles. The number of hydrogen-bond acceptors (Lipinski definition) is 3. The average Bonchev–Trinajstić information content (AvgIpc) is 2.95. The van der Waals surface area contributed by atoms with E-state index in [9.17, 15) is 9.90 Å². The zero-order chi connectivity index (χ0) is 21.7. The maximum absolute atomic E-state index is 12.0. The predicted octanol–water partition coefficient (Wildman–Crippen LogP) is 5.19. The van der Waals surface area contributed by atoms with Crippen LogP contribution in [0.25, 0.3) is 0 Å². The van der Waals surface area contributed by atoms with Gasteiger partial charge in [0, 0.05) is 47.2 Å². The van der Waals surface area contributed by atoms with Gasteiger partial charge in [0.05, 0.1) is 12.2 Å². The van der Waals surface area contributed by atoms with Crippen molar-refractivity contribution in [1.82, 2.24) is 9.88 Å². The summed E-state index contributed by atoms with van der Waals surface area (Å²) < 4.78 is 7.73. The van der Waals surface area contributed by atoms with Crippen LogP contribution in [0.3, 0.4) is 0 Å². The first-order valence-corrected chi connectivity index (χ1v) is 10.4. The molecular formula is C24H27ClN2O3. The fraction of sp³-hybridized carbons (Fsp3) is 0.292. The van der Waals surface area contributed by atoms with Gasteiger partial charge in [0.15, 0.2) is 0 Å². The number of benzene rings is 2. The molecule has 2 N–H and O–H groups in total. The SMILES string of the molecule is CCOc1ccccc1CNCc1c(C(=O)O)c(C)n(Cc2ccc(Cl)cc2)c1C. The lowest BCUT2D eigenvalue weighted by Gasteiger charge is -2.12. The second kappa shape index (κ2) is 9.83. The van der Waals surface area contributed by atoms with E-state index < -0.39 is 5.97 Å². The van der Waals surface area contributed by atoms with E-state index in [0.29, 0.717) is 36.8 Å². The first-order valence-electron chi connectivity index (χ1n) is 10.00. The first-order chi connectivity index (χ1) is 14.4. The summed E-state index contributed by atoms with van der Waals surface area (Å²) in [7, 11) is 0.